The summed E-state index contributed by atoms with van der Waals surface area (Å²) in [4.78, 5) is 27.4. The Labute approximate surface area is 166 Å². The molecule has 0 spiro atoms. The smallest absolute Gasteiger partial charge is 0.261 e. The molecule has 27 heavy (non-hydrogen) atoms. The number of hydrogen-bond donors (Lipinski definition) is 2. The number of hydrogen-bond acceptors (Lipinski definition) is 4. The summed E-state index contributed by atoms with van der Waals surface area (Å²) in [7, 11) is 0. The van der Waals surface area contributed by atoms with Gasteiger partial charge in [-0.25, -0.2) is 0 Å². The number of nitrogens with one attached hydrogen (secondary N) is 1. The van der Waals surface area contributed by atoms with E-state index >= 15 is 0 Å². The van der Waals surface area contributed by atoms with Gasteiger partial charge in [0.2, 0.25) is 0 Å². The van der Waals surface area contributed by atoms with Crippen molar-refractivity contribution in [2.45, 2.75) is 31.4 Å². The molecular formula is C20H18Cl2N2O3. The monoisotopic (exact) mass is 404 g/mol. The van der Waals surface area contributed by atoms with Gasteiger partial charge in [0.15, 0.2) is 11.4 Å². The first-order chi connectivity index (χ1) is 12.8. The fourth-order valence-electron chi connectivity index (χ4n) is 3.65. The van der Waals surface area contributed by atoms with Crippen molar-refractivity contribution in [2.75, 3.05) is 16.8 Å². The number of carbonyl (C=O) groups excluding carboxylic acids is 2. The van der Waals surface area contributed by atoms with Gasteiger partial charge >= 0.3 is 0 Å². The van der Waals surface area contributed by atoms with Gasteiger partial charge in [0, 0.05) is 34.4 Å². The second kappa shape index (κ2) is 6.51. The highest BCUT2D eigenvalue weighted by molar-refractivity contribution is 6.38. The van der Waals surface area contributed by atoms with Crippen molar-refractivity contribution >= 4 is 46.3 Å². The molecule has 2 N–H and O–H groups in total. The van der Waals surface area contributed by atoms with E-state index < -0.39 is 17.9 Å². The van der Waals surface area contributed by atoms with Crippen molar-refractivity contribution in [1.29, 1.82) is 0 Å². The molecule has 1 saturated heterocycles. The number of Topliss-reactive ketones (excluding diaryl/α,β-unsaturated/α-hetero) is 1. The highest BCUT2D eigenvalue weighted by Gasteiger charge is 2.49. The fourth-order valence-corrected chi connectivity index (χ4v) is 4.17. The molecular weight excluding hydrogens is 387 g/mol. The van der Waals surface area contributed by atoms with Gasteiger partial charge in [0.25, 0.3) is 5.91 Å². The third kappa shape index (κ3) is 2.90. The summed E-state index contributed by atoms with van der Waals surface area (Å²) in [5.74, 6) is -1.05. The van der Waals surface area contributed by atoms with Gasteiger partial charge in [-0.2, -0.15) is 0 Å². The predicted molar refractivity (Wildman–Crippen MR) is 106 cm³/mol. The van der Waals surface area contributed by atoms with Crippen molar-refractivity contribution in [3.05, 3.63) is 57.6 Å². The maximum absolute atomic E-state index is 12.8. The van der Waals surface area contributed by atoms with E-state index in [1.165, 1.54) is 12.1 Å². The van der Waals surface area contributed by atoms with Crippen LogP contribution < -0.4 is 10.2 Å². The third-order valence-electron chi connectivity index (χ3n) is 5.39. The average molecular weight is 405 g/mol. The molecule has 4 rings (SSSR count). The Bertz CT molecular complexity index is 945. The molecule has 0 bridgehead atoms. The van der Waals surface area contributed by atoms with Crippen LogP contribution in [0.15, 0.2) is 36.4 Å². The van der Waals surface area contributed by atoms with Gasteiger partial charge < -0.3 is 15.3 Å². The Morgan fingerprint density at radius 2 is 1.89 bits per heavy atom. The zero-order valence-electron chi connectivity index (χ0n) is 14.6. The minimum atomic E-state index is -2.04. The maximum Gasteiger partial charge on any atom is 0.261 e. The summed E-state index contributed by atoms with van der Waals surface area (Å²) in [5, 5.41) is 14.0. The first-order valence-corrected chi connectivity index (χ1v) is 9.49. The first kappa shape index (κ1) is 18.3. The Morgan fingerprint density at radius 3 is 2.48 bits per heavy atom. The molecule has 2 atom stereocenters. The molecule has 0 saturated carbocycles. The van der Waals surface area contributed by atoms with E-state index in [-0.39, 0.29) is 27.1 Å². The number of aliphatic hydroxyl groups is 1. The van der Waals surface area contributed by atoms with E-state index in [0.717, 1.165) is 18.7 Å². The van der Waals surface area contributed by atoms with Crippen LogP contribution in [-0.4, -0.2) is 29.4 Å². The van der Waals surface area contributed by atoms with E-state index in [1.807, 2.05) is 12.1 Å². The number of ketones is 1. The predicted octanol–water partition coefficient (Wildman–Crippen LogP) is 4.00. The quantitative estimate of drug-likeness (QED) is 0.755. The Hall–Kier alpha value is -2.08. The number of benzene rings is 2. The number of fused-ring (bicyclic) bond motifs is 1. The van der Waals surface area contributed by atoms with Crippen LogP contribution in [-0.2, 0) is 10.4 Å². The molecule has 0 radical (unpaired) electrons. The molecule has 1 amide bonds. The SMILES string of the molecule is CC1CCN1c1ccc(C(=O)CC2(O)C(=O)Nc3c(Cl)ccc(Cl)c32)cc1. The van der Waals surface area contributed by atoms with Crippen LogP contribution in [0.2, 0.25) is 10.0 Å². The fraction of sp³-hybridized carbons (Fsp3) is 0.300. The average Bonchev–Trinajstić information content (AvgIpc) is 2.89. The number of amides is 1. The number of carbonyl (C=O) groups is 2. The van der Waals surface area contributed by atoms with Crippen molar-refractivity contribution in [2.24, 2.45) is 0 Å². The highest BCUT2D eigenvalue weighted by atomic mass is 35.5. The summed E-state index contributed by atoms with van der Waals surface area (Å²) in [6.07, 6.45) is 0.747. The summed E-state index contributed by atoms with van der Waals surface area (Å²) in [6, 6.07) is 10.8. The molecule has 2 aromatic carbocycles. The van der Waals surface area contributed by atoms with Crippen LogP contribution in [0.3, 0.4) is 0 Å². The first-order valence-electron chi connectivity index (χ1n) is 8.73. The van der Waals surface area contributed by atoms with Crippen LogP contribution in [0.25, 0.3) is 0 Å². The molecule has 1 fully saturated rings. The van der Waals surface area contributed by atoms with Crippen LogP contribution in [0.1, 0.15) is 35.7 Å². The number of rotatable bonds is 4. The van der Waals surface area contributed by atoms with Crippen molar-refractivity contribution in [3.63, 3.8) is 0 Å². The van der Waals surface area contributed by atoms with Crippen LogP contribution in [0.5, 0.6) is 0 Å². The molecule has 140 valence electrons. The Morgan fingerprint density at radius 1 is 1.22 bits per heavy atom. The zero-order chi connectivity index (χ0) is 19.3. The van der Waals surface area contributed by atoms with Gasteiger partial charge in [-0.05, 0) is 49.7 Å². The number of anilines is 2. The maximum atomic E-state index is 12.8. The standard InChI is InChI=1S/C20H18Cl2N2O3/c1-11-8-9-24(11)13-4-2-12(3-5-13)16(25)10-20(27)17-14(21)6-7-15(22)18(17)23-19(20)26/h2-7,11,27H,8-10H2,1H3,(H,23,26). The van der Waals surface area contributed by atoms with Crippen LogP contribution in [0, 0.1) is 0 Å². The molecule has 2 aliphatic rings. The number of halogens is 2. The van der Waals surface area contributed by atoms with Gasteiger partial charge in [-0.1, -0.05) is 23.2 Å². The second-order valence-electron chi connectivity index (χ2n) is 7.07. The van der Waals surface area contributed by atoms with Crippen LogP contribution >= 0.6 is 23.2 Å². The van der Waals surface area contributed by atoms with E-state index in [4.69, 9.17) is 23.2 Å². The molecule has 2 heterocycles. The zero-order valence-corrected chi connectivity index (χ0v) is 16.1. The minimum Gasteiger partial charge on any atom is -0.375 e. The van der Waals surface area contributed by atoms with Crippen molar-refractivity contribution in [1.82, 2.24) is 0 Å². The van der Waals surface area contributed by atoms with Gasteiger partial charge in [0.1, 0.15) is 0 Å². The summed E-state index contributed by atoms with van der Waals surface area (Å²) in [6.45, 7) is 3.16. The Kier molecular flexibility index (Phi) is 4.41. The molecule has 5 nitrogen and oxygen atoms in total. The van der Waals surface area contributed by atoms with Gasteiger partial charge in [0.05, 0.1) is 17.1 Å². The number of nitrogens with zero attached hydrogens (tertiary/aromatic N) is 1. The topological polar surface area (TPSA) is 69.6 Å². The van der Waals surface area contributed by atoms with E-state index in [0.29, 0.717) is 11.6 Å². The van der Waals surface area contributed by atoms with E-state index in [9.17, 15) is 14.7 Å². The molecule has 2 aromatic rings. The lowest BCUT2D eigenvalue weighted by atomic mass is 9.88. The molecule has 0 aliphatic carbocycles. The third-order valence-corrected chi connectivity index (χ3v) is 6.02. The molecule has 2 aliphatic heterocycles. The lowest BCUT2D eigenvalue weighted by Gasteiger charge is -2.40. The second-order valence-corrected chi connectivity index (χ2v) is 7.89. The Balaban J connectivity index is 1.60. The lowest BCUT2D eigenvalue weighted by molar-refractivity contribution is -0.133. The largest absolute Gasteiger partial charge is 0.375 e. The van der Waals surface area contributed by atoms with Crippen molar-refractivity contribution in [3.8, 4) is 0 Å². The van der Waals surface area contributed by atoms with Crippen LogP contribution in [0.4, 0.5) is 11.4 Å². The lowest BCUT2D eigenvalue weighted by Crippen LogP contribution is -2.45. The highest BCUT2D eigenvalue weighted by Crippen LogP contribution is 2.46. The molecule has 2 unspecified atom stereocenters. The van der Waals surface area contributed by atoms with Crippen molar-refractivity contribution < 1.29 is 14.7 Å². The minimum absolute atomic E-state index is 0.154. The molecule has 0 aromatic heterocycles. The summed E-state index contributed by atoms with van der Waals surface area (Å²) >= 11 is 12.3. The van der Waals surface area contributed by atoms with Gasteiger partial charge in [-0.15, -0.1) is 0 Å². The summed E-state index contributed by atoms with van der Waals surface area (Å²) < 4.78 is 0. The molecule has 7 heteroatoms. The van der Waals surface area contributed by atoms with Gasteiger partial charge in [-0.3, -0.25) is 9.59 Å². The normalized spacial score (nSPS) is 23.6. The van der Waals surface area contributed by atoms with E-state index in [2.05, 4.69) is 17.1 Å². The summed E-state index contributed by atoms with van der Waals surface area (Å²) in [5.41, 5.74) is -0.144. The van der Waals surface area contributed by atoms with E-state index in [1.54, 1.807) is 12.1 Å².